The highest BCUT2D eigenvalue weighted by Crippen LogP contribution is 2.19. The summed E-state index contributed by atoms with van der Waals surface area (Å²) in [6, 6.07) is 3.43. The largest absolute Gasteiger partial charge is 0.480 e. The lowest BCUT2D eigenvalue weighted by atomic mass is 9.98. The second-order valence-electron chi connectivity index (χ2n) is 11.1. The molecule has 5 atom stereocenters. The molecular weight excluding hydrogens is 540 g/mol. The SMILES string of the molecule is CCC(C)C(NC(=O)C(CCCN=C(N)N)NC(=O)C(Cc1c[nH]c2ccccc12)NC(=O)C(N)CC(C)C)C(=O)O. The maximum Gasteiger partial charge on any atom is 0.326 e. The Bertz CT molecular complexity index is 1240. The van der Waals surface area contributed by atoms with Crippen LogP contribution in [0.5, 0.6) is 0 Å². The van der Waals surface area contributed by atoms with Gasteiger partial charge < -0.3 is 43.2 Å². The standard InChI is InChI=1S/C29H46N8O5/c1-5-17(4)24(28(41)42)37-26(39)22(11-8-12-33-29(31)32)35-27(40)23(36-25(38)20(30)13-16(2)3)14-18-15-34-21-10-7-6-9-19(18)21/h6-7,9-10,15-17,20,22-24,34H,5,8,11-14,30H2,1-4H3,(H,35,40)(H,36,38)(H,37,39)(H,41,42)(H4,31,32,33). The van der Waals surface area contributed by atoms with Crippen LogP contribution in [-0.2, 0) is 25.6 Å². The lowest BCUT2D eigenvalue weighted by Gasteiger charge is -2.26. The Kier molecular flexibility index (Phi) is 13.3. The zero-order valence-electron chi connectivity index (χ0n) is 24.9. The quantitative estimate of drug-likeness (QED) is 0.0746. The van der Waals surface area contributed by atoms with Crippen LogP contribution in [0.2, 0.25) is 0 Å². The van der Waals surface area contributed by atoms with Crippen LogP contribution < -0.4 is 33.2 Å². The molecule has 0 spiro atoms. The van der Waals surface area contributed by atoms with Gasteiger partial charge in [-0.3, -0.25) is 19.4 Å². The molecule has 0 aliphatic heterocycles. The molecule has 0 saturated heterocycles. The highest BCUT2D eigenvalue weighted by atomic mass is 16.4. The minimum atomic E-state index is -1.17. The third-order valence-electron chi connectivity index (χ3n) is 7.15. The molecule has 42 heavy (non-hydrogen) atoms. The fraction of sp³-hybridized carbons (Fsp3) is 0.552. The van der Waals surface area contributed by atoms with Gasteiger partial charge in [-0.25, -0.2) is 4.79 Å². The number of aliphatic imine (C=N–C) groups is 1. The third kappa shape index (κ3) is 10.4. The van der Waals surface area contributed by atoms with Gasteiger partial charge in [0.2, 0.25) is 17.7 Å². The van der Waals surface area contributed by atoms with E-state index in [9.17, 15) is 24.3 Å². The van der Waals surface area contributed by atoms with Crippen molar-refractivity contribution in [3.63, 3.8) is 0 Å². The number of guanidine groups is 1. The molecule has 0 aliphatic rings. The molecule has 2 rings (SSSR count). The number of carbonyl (C=O) groups excluding carboxylic acids is 3. The third-order valence-corrected chi connectivity index (χ3v) is 7.15. The lowest BCUT2D eigenvalue weighted by molar-refractivity contribution is -0.144. The molecule has 0 bridgehead atoms. The van der Waals surface area contributed by atoms with Gasteiger partial charge in [0.15, 0.2) is 5.96 Å². The van der Waals surface area contributed by atoms with Crippen LogP contribution in [0.3, 0.4) is 0 Å². The van der Waals surface area contributed by atoms with Gasteiger partial charge in [0, 0.05) is 30.1 Å². The van der Waals surface area contributed by atoms with Crippen molar-refractivity contribution in [1.29, 1.82) is 0 Å². The first kappa shape index (κ1) is 34.1. The van der Waals surface area contributed by atoms with Crippen LogP contribution in [0.15, 0.2) is 35.5 Å². The fourth-order valence-corrected chi connectivity index (χ4v) is 4.60. The van der Waals surface area contributed by atoms with Gasteiger partial charge in [0.1, 0.15) is 18.1 Å². The number of carboxylic acids is 1. The summed E-state index contributed by atoms with van der Waals surface area (Å²) in [4.78, 5) is 59.0. The summed E-state index contributed by atoms with van der Waals surface area (Å²) in [6.45, 7) is 7.63. The number of aromatic amines is 1. The van der Waals surface area contributed by atoms with E-state index in [2.05, 4.69) is 25.9 Å². The first-order chi connectivity index (χ1) is 19.8. The topological polar surface area (TPSA) is 231 Å². The maximum atomic E-state index is 13.7. The van der Waals surface area contributed by atoms with Crippen molar-refractivity contribution in [2.75, 3.05) is 6.54 Å². The van der Waals surface area contributed by atoms with Crippen LogP contribution in [0.1, 0.15) is 58.9 Å². The number of hydrogen-bond donors (Lipinski definition) is 8. The Morgan fingerprint density at radius 3 is 2.24 bits per heavy atom. The number of H-pyrrole nitrogens is 1. The number of nitrogens with one attached hydrogen (secondary N) is 4. The normalized spacial score (nSPS) is 14.8. The highest BCUT2D eigenvalue weighted by molar-refractivity contribution is 5.95. The summed E-state index contributed by atoms with van der Waals surface area (Å²) in [5, 5.41) is 18.6. The molecule has 11 N–H and O–H groups in total. The zero-order chi connectivity index (χ0) is 31.4. The molecule has 232 valence electrons. The molecule has 5 unspecified atom stereocenters. The second-order valence-corrected chi connectivity index (χ2v) is 11.1. The van der Waals surface area contributed by atoms with Crippen molar-refractivity contribution in [2.24, 2.45) is 34.0 Å². The molecule has 0 fully saturated rings. The Labute approximate surface area is 246 Å². The van der Waals surface area contributed by atoms with Crippen molar-refractivity contribution in [3.05, 3.63) is 36.0 Å². The molecule has 2 aromatic rings. The van der Waals surface area contributed by atoms with Gasteiger partial charge in [-0.1, -0.05) is 52.3 Å². The van der Waals surface area contributed by atoms with E-state index < -0.39 is 47.9 Å². The van der Waals surface area contributed by atoms with Crippen molar-refractivity contribution >= 4 is 40.6 Å². The number of benzene rings is 1. The number of nitrogens with two attached hydrogens (primary N) is 3. The van der Waals surface area contributed by atoms with E-state index in [-0.39, 0.29) is 37.2 Å². The summed E-state index contributed by atoms with van der Waals surface area (Å²) in [5.74, 6) is -3.22. The van der Waals surface area contributed by atoms with E-state index in [1.807, 2.05) is 45.0 Å². The summed E-state index contributed by atoms with van der Waals surface area (Å²) in [5.41, 5.74) is 18.6. The highest BCUT2D eigenvalue weighted by Gasteiger charge is 2.32. The average Bonchev–Trinajstić information content (AvgIpc) is 3.34. The Morgan fingerprint density at radius 2 is 1.62 bits per heavy atom. The van der Waals surface area contributed by atoms with Gasteiger partial charge in [0.05, 0.1) is 6.04 Å². The lowest BCUT2D eigenvalue weighted by Crippen LogP contribution is -2.58. The molecule has 0 radical (unpaired) electrons. The fourth-order valence-electron chi connectivity index (χ4n) is 4.60. The number of nitrogens with zero attached hydrogens (tertiary/aromatic N) is 1. The van der Waals surface area contributed by atoms with Crippen LogP contribution >= 0.6 is 0 Å². The molecule has 1 aromatic heterocycles. The van der Waals surface area contributed by atoms with Crippen molar-refractivity contribution in [1.82, 2.24) is 20.9 Å². The molecule has 0 aliphatic carbocycles. The summed E-state index contributed by atoms with van der Waals surface area (Å²) in [6.07, 6.45) is 3.30. The maximum absolute atomic E-state index is 13.7. The number of aromatic nitrogens is 1. The van der Waals surface area contributed by atoms with Crippen LogP contribution in [0.25, 0.3) is 10.9 Å². The Balaban J connectivity index is 2.34. The monoisotopic (exact) mass is 586 g/mol. The van der Waals surface area contributed by atoms with E-state index in [0.717, 1.165) is 16.5 Å². The molecule has 3 amide bonds. The number of carbonyl (C=O) groups is 4. The van der Waals surface area contributed by atoms with Gasteiger partial charge >= 0.3 is 5.97 Å². The number of carboxylic acid groups (broad SMARTS) is 1. The zero-order valence-corrected chi connectivity index (χ0v) is 24.9. The van der Waals surface area contributed by atoms with E-state index in [1.165, 1.54) is 0 Å². The van der Waals surface area contributed by atoms with Crippen molar-refractivity contribution < 1.29 is 24.3 Å². The smallest absolute Gasteiger partial charge is 0.326 e. The molecule has 1 heterocycles. The number of rotatable bonds is 17. The first-order valence-electron chi connectivity index (χ1n) is 14.3. The predicted octanol–water partition coefficient (Wildman–Crippen LogP) is 0.723. The van der Waals surface area contributed by atoms with E-state index in [0.29, 0.717) is 19.3 Å². The van der Waals surface area contributed by atoms with E-state index in [1.54, 1.807) is 13.1 Å². The van der Waals surface area contributed by atoms with E-state index >= 15 is 0 Å². The number of amides is 3. The van der Waals surface area contributed by atoms with Crippen LogP contribution in [0, 0.1) is 11.8 Å². The van der Waals surface area contributed by atoms with Gasteiger partial charge in [0.25, 0.3) is 0 Å². The van der Waals surface area contributed by atoms with Crippen molar-refractivity contribution in [2.45, 2.75) is 84.0 Å². The van der Waals surface area contributed by atoms with Gasteiger partial charge in [-0.05, 0) is 42.7 Å². The molecular formula is C29H46N8O5. The number of para-hydroxylation sites is 1. The second kappa shape index (κ2) is 16.3. The molecule has 0 saturated carbocycles. The molecule has 1 aromatic carbocycles. The first-order valence-corrected chi connectivity index (χ1v) is 14.3. The molecule has 13 heteroatoms. The predicted molar refractivity (Wildman–Crippen MR) is 162 cm³/mol. The summed E-state index contributed by atoms with van der Waals surface area (Å²) < 4.78 is 0. The minimum absolute atomic E-state index is 0.109. The number of fused-ring (bicyclic) bond motifs is 1. The van der Waals surface area contributed by atoms with Crippen molar-refractivity contribution in [3.8, 4) is 0 Å². The Morgan fingerprint density at radius 1 is 0.976 bits per heavy atom. The summed E-state index contributed by atoms with van der Waals surface area (Å²) >= 11 is 0. The van der Waals surface area contributed by atoms with Crippen LogP contribution in [-0.4, -0.2) is 70.5 Å². The van der Waals surface area contributed by atoms with Crippen LogP contribution in [0.4, 0.5) is 0 Å². The van der Waals surface area contributed by atoms with Gasteiger partial charge in [-0.15, -0.1) is 0 Å². The minimum Gasteiger partial charge on any atom is -0.480 e. The number of hydrogen-bond acceptors (Lipinski definition) is 6. The average molecular weight is 587 g/mol. The van der Waals surface area contributed by atoms with Gasteiger partial charge in [-0.2, -0.15) is 0 Å². The number of aliphatic carboxylic acids is 1. The van der Waals surface area contributed by atoms with E-state index in [4.69, 9.17) is 17.2 Å². The summed E-state index contributed by atoms with van der Waals surface area (Å²) in [7, 11) is 0. The Hall–Kier alpha value is -4.13. The molecule has 13 nitrogen and oxygen atoms in total.